The first-order valence-corrected chi connectivity index (χ1v) is 6.55. The molecule has 0 bridgehead atoms. The first-order valence-electron chi connectivity index (χ1n) is 6.17. The summed E-state index contributed by atoms with van der Waals surface area (Å²) in [6.07, 6.45) is 0. The van der Waals surface area contributed by atoms with Crippen molar-refractivity contribution < 1.29 is 14.5 Å². The van der Waals surface area contributed by atoms with Crippen molar-refractivity contribution in [2.45, 2.75) is 26.8 Å². The molecule has 1 N–H and O–H groups in total. The molecule has 1 aromatic rings. The number of amides is 1. The van der Waals surface area contributed by atoms with Gasteiger partial charge in [0.25, 0.3) is 11.6 Å². The van der Waals surface area contributed by atoms with Gasteiger partial charge in [-0.25, -0.2) is 0 Å². The van der Waals surface area contributed by atoms with Gasteiger partial charge in [0, 0.05) is 18.2 Å². The zero-order valence-electron chi connectivity index (χ0n) is 11.6. The van der Waals surface area contributed by atoms with E-state index in [1.54, 1.807) is 0 Å². The minimum absolute atomic E-state index is 0.0246. The Morgan fingerprint density at radius 1 is 1.45 bits per heavy atom. The molecule has 1 unspecified atom stereocenters. The molecule has 0 aliphatic carbocycles. The highest BCUT2D eigenvalue weighted by atomic mass is 35.5. The summed E-state index contributed by atoms with van der Waals surface area (Å²) in [6.45, 7) is 5.75. The maximum atomic E-state index is 11.6. The van der Waals surface area contributed by atoms with Crippen LogP contribution in [0.2, 0.25) is 5.02 Å². The molecule has 7 heteroatoms. The van der Waals surface area contributed by atoms with Crippen LogP contribution in [0, 0.1) is 16.0 Å². The average Bonchev–Trinajstić information content (AvgIpc) is 2.35. The normalized spacial score (nSPS) is 12.1. The molecule has 0 spiro atoms. The van der Waals surface area contributed by atoms with Crippen LogP contribution in [0.5, 0.6) is 5.75 Å². The predicted octanol–water partition coefficient (Wildman–Crippen LogP) is 2.79. The van der Waals surface area contributed by atoms with Gasteiger partial charge in [-0.2, -0.15) is 0 Å². The molecule has 0 aliphatic heterocycles. The molecule has 1 aromatic carbocycles. The van der Waals surface area contributed by atoms with E-state index in [2.05, 4.69) is 5.32 Å². The summed E-state index contributed by atoms with van der Waals surface area (Å²) in [7, 11) is 0. The SMILES string of the molecule is CC(C)C(C)NC(=O)COc1ccc([N+](=O)[O-])c(Cl)c1. The molecule has 0 aliphatic rings. The predicted molar refractivity (Wildman–Crippen MR) is 76.0 cm³/mol. The van der Waals surface area contributed by atoms with Gasteiger partial charge in [0.2, 0.25) is 0 Å². The third-order valence-corrected chi connectivity index (χ3v) is 3.18. The first kappa shape index (κ1) is 16.2. The number of nitro benzene ring substituents is 1. The van der Waals surface area contributed by atoms with Crippen LogP contribution in [-0.4, -0.2) is 23.5 Å². The molecule has 0 saturated carbocycles. The Bertz CT molecular complexity index is 505. The zero-order chi connectivity index (χ0) is 15.3. The van der Waals surface area contributed by atoms with Crippen molar-refractivity contribution in [3.63, 3.8) is 0 Å². The molecule has 0 radical (unpaired) electrons. The number of carbonyl (C=O) groups excluding carboxylic acids is 1. The lowest BCUT2D eigenvalue weighted by atomic mass is 10.1. The molecule has 1 atom stereocenters. The van der Waals surface area contributed by atoms with E-state index in [0.29, 0.717) is 11.7 Å². The van der Waals surface area contributed by atoms with Gasteiger partial charge in [0.1, 0.15) is 10.8 Å². The Kier molecular flexibility index (Phi) is 5.76. The van der Waals surface area contributed by atoms with Crippen molar-refractivity contribution >= 4 is 23.2 Å². The van der Waals surface area contributed by atoms with Crippen LogP contribution in [0.15, 0.2) is 18.2 Å². The van der Waals surface area contributed by atoms with Crippen molar-refractivity contribution in [3.05, 3.63) is 33.3 Å². The molecular weight excluding hydrogens is 284 g/mol. The summed E-state index contributed by atoms with van der Waals surface area (Å²) in [6, 6.07) is 4.01. The fraction of sp³-hybridized carbons (Fsp3) is 0.462. The topological polar surface area (TPSA) is 81.5 Å². The van der Waals surface area contributed by atoms with Gasteiger partial charge in [-0.3, -0.25) is 14.9 Å². The summed E-state index contributed by atoms with van der Waals surface area (Å²) in [4.78, 5) is 21.6. The van der Waals surface area contributed by atoms with Crippen molar-refractivity contribution in [2.24, 2.45) is 5.92 Å². The largest absolute Gasteiger partial charge is 0.484 e. The maximum Gasteiger partial charge on any atom is 0.288 e. The minimum atomic E-state index is -0.580. The zero-order valence-corrected chi connectivity index (χ0v) is 12.3. The van der Waals surface area contributed by atoms with Gasteiger partial charge >= 0.3 is 0 Å². The number of carbonyl (C=O) groups is 1. The maximum absolute atomic E-state index is 11.6. The van der Waals surface area contributed by atoms with Crippen molar-refractivity contribution in [2.75, 3.05) is 6.61 Å². The molecule has 0 saturated heterocycles. The van der Waals surface area contributed by atoms with Gasteiger partial charge < -0.3 is 10.1 Å². The van der Waals surface area contributed by atoms with E-state index in [0.717, 1.165) is 0 Å². The molecule has 20 heavy (non-hydrogen) atoms. The monoisotopic (exact) mass is 300 g/mol. The average molecular weight is 301 g/mol. The summed E-state index contributed by atoms with van der Waals surface area (Å²) in [5, 5.41) is 13.4. The molecule has 110 valence electrons. The van der Waals surface area contributed by atoms with Gasteiger partial charge in [0.15, 0.2) is 6.61 Å². The van der Waals surface area contributed by atoms with Crippen LogP contribution >= 0.6 is 11.6 Å². The number of nitrogens with one attached hydrogen (secondary N) is 1. The molecule has 1 rings (SSSR count). The number of hydrogen-bond acceptors (Lipinski definition) is 4. The minimum Gasteiger partial charge on any atom is -0.484 e. The van der Waals surface area contributed by atoms with Crippen molar-refractivity contribution in [1.29, 1.82) is 0 Å². The van der Waals surface area contributed by atoms with E-state index in [4.69, 9.17) is 16.3 Å². The lowest BCUT2D eigenvalue weighted by Crippen LogP contribution is -2.38. The summed E-state index contributed by atoms with van der Waals surface area (Å²) < 4.78 is 5.24. The summed E-state index contributed by atoms with van der Waals surface area (Å²) in [5.74, 6) is 0.390. The van der Waals surface area contributed by atoms with Crippen LogP contribution < -0.4 is 10.1 Å². The molecule has 0 aromatic heterocycles. The van der Waals surface area contributed by atoms with Crippen LogP contribution in [0.3, 0.4) is 0 Å². The van der Waals surface area contributed by atoms with E-state index >= 15 is 0 Å². The van der Waals surface area contributed by atoms with E-state index in [9.17, 15) is 14.9 Å². The number of halogens is 1. The number of nitro groups is 1. The van der Waals surface area contributed by atoms with Crippen LogP contribution in [0.1, 0.15) is 20.8 Å². The number of ether oxygens (including phenoxy) is 1. The smallest absolute Gasteiger partial charge is 0.288 e. The van der Waals surface area contributed by atoms with Crippen molar-refractivity contribution in [1.82, 2.24) is 5.32 Å². The van der Waals surface area contributed by atoms with Crippen LogP contribution in [0.4, 0.5) is 5.69 Å². The van der Waals surface area contributed by atoms with Gasteiger partial charge in [0.05, 0.1) is 4.92 Å². The van der Waals surface area contributed by atoms with E-state index in [1.807, 2.05) is 20.8 Å². The fourth-order valence-electron chi connectivity index (χ4n) is 1.34. The Morgan fingerprint density at radius 2 is 2.10 bits per heavy atom. The highest BCUT2D eigenvalue weighted by Gasteiger charge is 2.14. The standard InChI is InChI=1S/C13H17ClN2O4/c1-8(2)9(3)15-13(17)7-20-10-4-5-12(16(18)19)11(14)6-10/h4-6,8-9H,7H2,1-3H3,(H,15,17). The van der Waals surface area contributed by atoms with E-state index in [-0.39, 0.29) is 29.3 Å². The Labute approximate surface area is 122 Å². The fourth-order valence-corrected chi connectivity index (χ4v) is 1.58. The van der Waals surface area contributed by atoms with Gasteiger partial charge in [-0.1, -0.05) is 25.4 Å². The van der Waals surface area contributed by atoms with Crippen LogP contribution in [0.25, 0.3) is 0 Å². The van der Waals surface area contributed by atoms with Crippen LogP contribution in [-0.2, 0) is 4.79 Å². The first-order chi connectivity index (χ1) is 9.31. The quantitative estimate of drug-likeness (QED) is 0.647. The van der Waals surface area contributed by atoms with Gasteiger partial charge in [-0.05, 0) is 18.9 Å². The number of benzene rings is 1. The summed E-state index contributed by atoms with van der Waals surface area (Å²) in [5.41, 5.74) is -0.197. The lowest BCUT2D eigenvalue weighted by molar-refractivity contribution is -0.384. The second-order valence-electron chi connectivity index (χ2n) is 4.76. The molecule has 1 amide bonds. The molecular formula is C13H17ClN2O4. The van der Waals surface area contributed by atoms with Gasteiger partial charge in [-0.15, -0.1) is 0 Å². The second-order valence-corrected chi connectivity index (χ2v) is 5.17. The molecule has 0 fully saturated rings. The second kappa shape index (κ2) is 7.09. The number of hydrogen-bond donors (Lipinski definition) is 1. The molecule has 6 nitrogen and oxygen atoms in total. The van der Waals surface area contributed by atoms with E-state index < -0.39 is 4.92 Å². The third kappa shape index (κ3) is 4.70. The highest BCUT2D eigenvalue weighted by molar-refractivity contribution is 6.32. The third-order valence-electron chi connectivity index (χ3n) is 2.87. The van der Waals surface area contributed by atoms with E-state index in [1.165, 1.54) is 18.2 Å². The lowest BCUT2D eigenvalue weighted by Gasteiger charge is -2.17. The number of nitrogens with zero attached hydrogens (tertiary/aromatic N) is 1. The Balaban J connectivity index is 2.56. The van der Waals surface area contributed by atoms with Crippen molar-refractivity contribution in [3.8, 4) is 5.75 Å². The Morgan fingerprint density at radius 3 is 2.60 bits per heavy atom. The Hall–Kier alpha value is -1.82. The number of rotatable bonds is 6. The molecule has 0 heterocycles. The summed E-state index contributed by atoms with van der Waals surface area (Å²) >= 11 is 5.74. The highest BCUT2D eigenvalue weighted by Crippen LogP contribution is 2.28.